The lowest BCUT2D eigenvalue weighted by molar-refractivity contribution is 0.102. The predicted octanol–water partition coefficient (Wildman–Crippen LogP) is 4.53. The second-order valence-corrected chi connectivity index (χ2v) is 8.63. The fourth-order valence-electron chi connectivity index (χ4n) is 2.60. The highest BCUT2D eigenvalue weighted by Gasteiger charge is 2.14. The van der Waals surface area contributed by atoms with Crippen LogP contribution in [0, 0.1) is 0 Å². The Morgan fingerprint density at radius 2 is 1.59 bits per heavy atom. The van der Waals surface area contributed by atoms with E-state index >= 15 is 0 Å². The van der Waals surface area contributed by atoms with Crippen molar-refractivity contribution in [2.24, 2.45) is 0 Å². The number of anilines is 1. The van der Waals surface area contributed by atoms with E-state index in [1.165, 1.54) is 29.8 Å². The summed E-state index contributed by atoms with van der Waals surface area (Å²) in [5.41, 5.74) is 2.32. The van der Waals surface area contributed by atoms with Crippen molar-refractivity contribution in [3.63, 3.8) is 0 Å². The summed E-state index contributed by atoms with van der Waals surface area (Å²) >= 11 is 0. The molecule has 6 heteroatoms. The molecule has 2 aromatic carbocycles. The van der Waals surface area contributed by atoms with Crippen molar-refractivity contribution in [2.75, 3.05) is 11.9 Å². The number of carbonyl (C=O) groups excluding carboxylic acids is 1. The molecule has 0 fully saturated rings. The van der Waals surface area contributed by atoms with Gasteiger partial charge in [-0.05, 0) is 54.3 Å². The number of nitrogens with one attached hydrogen (secondary N) is 2. The SMILES string of the molecule is CCCCCNS(=O)(=O)c1ccc(C(=O)Nc2ccc(C(C)C)cc2)cc1. The third-order valence-corrected chi connectivity index (χ3v) is 5.81. The van der Waals surface area contributed by atoms with Crippen LogP contribution in [0.15, 0.2) is 53.4 Å². The molecule has 0 unspecified atom stereocenters. The maximum absolute atomic E-state index is 12.4. The van der Waals surface area contributed by atoms with E-state index in [1.54, 1.807) is 0 Å². The summed E-state index contributed by atoms with van der Waals surface area (Å²) in [4.78, 5) is 12.5. The van der Waals surface area contributed by atoms with Gasteiger partial charge in [0.2, 0.25) is 10.0 Å². The Kier molecular flexibility index (Phi) is 7.56. The van der Waals surface area contributed by atoms with E-state index in [0.29, 0.717) is 23.7 Å². The van der Waals surface area contributed by atoms with Gasteiger partial charge < -0.3 is 5.32 Å². The van der Waals surface area contributed by atoms with Gasteiger partial charge in [-0.2, -0.15) is 0 Å². The molecule has 0 aromatic heterocycles. The molecule has 0 radical (unpaired) electrons. The van der Waals surface area contributed by atoms with E-state index in [1.807, 2.05) is 24.3 Å². The smallest absolute Gasteiger partial charge is 0.255 e. The molecule has 0 saturated heterocycles. The van der Waals surface area contributed by atoms with Crippen molar-refractivity contribution in [1.29, 1.82) is 0 Å². The number of hydrogen-bond acceptors (Lipinski definition) is 3. The third-order valence-electron chi connectivity index (χ3n) is 4.33. The molecule has 2 rings (SSSR count). The predicted molar refractivity (Wildman–Crippen MR) is 110 cm³/mol. The Morgan fingerprint density at radius 3 is 2.15 bits per heavy atom. The summed E-state index contributed by atoms with van der Waals surface area (Å²) < 4.78 is 27.1. The van der Waals surface area contributed by atoms with Crippen molar-refractivity contribution >= 4 is 21.6 Å². The molecule has 5 nitrogen and oxygen atoms in total. The lowest BCUT2D eigenvalue weighted by atomic mass is 10.0. The first-order valence-corrected chi connectivity index (χ1v) is 10.8. The van der Waals surface area contributed by atoms with Crippen LogP contribution in [0.3, 0.4) is 0 Å². The first-order chi connectivity index (χ1) is 12.8. The van der Waals surface area contributed by atoms with Crippen molar-refractivity contribution in [3.05, 3.63) is 59.7 Å². The topological polar surface area (TPSA) is 75.3 Å². The molecule has 0 aliphatic heterocycles. The zero-order valence-corrected chi connectivity index (χ0v) is 17.0. The van der Waals surface area contributed by atoms with Crippen LogP contribution < -0.4 is 10.0 Å². The Bertz CT molecular complexity index is 842. The number of sulfonamides is 1. The molecule has 2 N–H and O–H groups in total. The summed E-state index contributed by atoms with van der Waals surface area (Å²) in [6.45, 7) is 6.71. The van der Waals surface area contributed by atoms with Crippen LogP contribution in [0.25, 0.3) is 0 Å². The molecule has 0 bridgehead atoms. The molecule has 0 heterocycles. The number of unbranched alkanes of at least 4 members (excludes halogenated alkanes) is 2. The monoisotopic (exact) mass is 388 g/mol. The van der Waals surface area contributed by atoms with Crippen LogP contribution in [0.2, 0.25) is 0 Å². The second-order valence-electron chi connectivity index (χ2n) is 6.86. The van der Waals surface area contributed by atoms with Gasteiger partial charge in [0.15, 0.2) is 0 Å². The standard InChI is InChI=1S/C21H28N2O3S/c1-4-5-6-15-22-27(25,26)20-13-9-18(10-14-20)21(24)23-19-11-7-17(8-12-19)16(2)3/h7-14,16,22H,4-6,15H2,1-3H3,(H,23,24). The van der Waals surface area contributed by atoms with E-state index in [-0.39, 0.29) is 10.8 Å². The first kappa shape index (κ1) is 21.1. The van der Waals surface area contributed by atoms with Gasteiger partial charge in [-0.1, -0.05) is 45.7 Å². The minimum atomic E-state index is -3.54. The fraction of sp³-hybridized carbons (Fsp3) is 0.381. The summed E-state index contributed by atoms with van der Waals surface area (Å²) in [7, 11) is -3.54. The lowest BCUT2D eigenvalue weighted by Gasteiger charge is -2.09. The van der Waals surface area contributed by atoms with Crippen molar-refractivity contribution in [3.8, 4) is 0 Å². The zero-order valence-electron chi connectivity index (χ0n) is 16.2. The Hall–Kier alpha value is -2.18. The maximum Gasteiger partial charge on any atom is 0.255 e. The molecular weight excluding hydrogens is 360 g/mol. The third kappa shape index (κ3) is 6.19. The lowest BCUT2D eigenvalue weighted by Crippen LogP contribution is -2.24. The average Bonchev–Trinajstić information content (AvgIpc) is 2.66. The van der Waals surface area contributed by atoms with E-state index in [2.05, 4.69) is 30.8 Å². The summed E-state index contributed by atoms with van der Waals surface area (Å²) in [6, 6.07) is 13.7. The van der Waals surface area contributed by atoms with Gasteiger partial charge in [0.1, 0.15) is 0 Å². The molecule has 0 atom stereocenters. The van der Waals surface area contributed by atoms with Crippen molar-refractivity contribution in [2.45, 2.75) is 50.8 Å². The van der Waals surface area contributed by atoms with Crippen LogP contribution in [0.4, 0.5) is 5.69 Å². The molecule has 0 aliphatic rings. The van der Waals surface area contributed by atoms with Gasteiger partial charge in [0.25, 0.3) is 5.91 Å². The molecule has 146 valence electrons. The number of carbonyl (C=O) groups is 1. The van der Waals surface area contributed by atoms with Crippen molar-refractivity contribution < 1.29 is 13.2 Å². The number of hydrogen-bond donors (Lipinski definition) is 2. The first-order valence-electron chi connectivity index (χ1n) is 9.34. The van der Waals surface area contributed by atoms with Gasteiger partial charge >= 0.3 is 0 Å². The fourth-order valence-corrected chi connectivity index (χ4v) is 3.68. The Labute approximate surface area is 162 Å². The van der Waals surface area contributed by atoms with Gasteiger partial charge in [0.05, 0.1) is 4.90 Å². The van der Waals surface area contributed by atoms with Crippen LogP contribution >= 0.6 is 0 Å². The van der Waals surface area contributed by atoms with Crippen LogP contribution in [-0.4, -0.2) is 20.9 Å². The van der Waals surface area contributed by atoms with Gasteiger partial charge in [-0.3, -0.25) is 4.79 Å². The molecule has 0 aliphatic carbocycles. The van der Waals surface area contributed by atoms with Gasteiger partial charge in [0, 0.05) is 17.8 Å². The molecule has 27 heavy (non-hydrogen) atoms. The normalized spacial score (nSPS) is 11.6. The van der Waals surface area contributed by atoms with Gasteiger partial charge in [-0.25, -0.2) is 13.1 Å². The number of amides is 1. The van der Waals surface area contributed by atoms with Crippen LogP contribution in [0.5, 0.6) is 0 Å². The highest BCUT2D eigenvalue weighted by molar-refractivity contribution is 7.89. The number of benzene rings is 2. The molecule has 2 aromatic rings. The molecule has 1 amide bonds. The van der Waals surface area contributed by atoms with Crippen LogP contribution in [-0.2, 0) is 10.0 Å². The van der Waals surface area contributed by atoms with E-state index in [4.69, 9.17) is 0 Å². The summed E-state index contributed by atoms with van der Waals surface area (Å²) in [5.74, 6) is 0.159. The molecule has 0 saturated carbocycles. The van der Waals surface area contributed by atoms with Gasteiger partial charge in [-0.15, -0.1) is 0 Å². The molecule has 0 spiro atoms. The molecular formula is C21H28N2O3S. The zero-order chi connectivity index (χ0) is 19.9. The summed E-state index contributed by atoms with van der Waals surface area (Å²) in [5, 5.41) is 2.83. The quantitative estimate of drug-likeness (QED) is 0.620. The maximum atomic E-state index is 12.4. The Morgan fingerprint density at radius 1 is 0.963 bits per heavy atom. The Balaban J connectivity index is 2.00. The van der Waals surface area contributed by atoms with E-state index < -0.39 is 10.0 Å². The highest BCUT2D eigenvalue weighted by Crippen LogP contribution is 2.18. The second kappa shape index (κ2) is 9.67. The van der Waals surface area contributed by atoms with Crippen molar-refractivity contribution in [1.82, 2.24) is 4.72 Å². The minimum absolute atomic E-state index is 0.164. The van der Waals surface area contributed by atoms with Crippen LogP contribution in [0.1, 0.15) is 61.9 Å². The average molecular weight is 389 g/mol. The minimum Gasteiger partial charge on any atom is -0.322 e. The van der Waals surface area contributed by atoms with E-state index in [9.17, 15) is 13.2 Å². The largest absolute Gasteiger partial charge is 0.322 e. The highest BCUT2D eigenvalue weighted by atomic mass is 32.2. The summed E-state index contributed by atoms with van der Waals surface area (Å²) in [6.07, 6.45) is 2.83. The van der Waals surface area contributed by atoms with E-state index in [0.717, 1.165) is 19.3 Å². The number of rotatable bonds is 9.